The van der Waals surface area contributed by atoms with Crippen molar-refractivity contribution in [2.24, 2.45) is 0 Å². The number of aromatic nitrogens is 1. The maximum Gasteiger partial charge on any atom is 0.350 e. The van der Waals surface area contributed by atoms with Crippen molar-refractivity contribution in [2.75, 3.05) is 25.6 Å². The first-order chi connectivity index (χ1) is 16.3. The summed E-state index contributed by atoms with van der Waals surface area (Å²) in [5.41, 5.74) is 4.32. The monoisotopic (exact) mass is 466 g/mol. The number of ether oxygens (including phenoxy) is 2. The summed E-state index contributed by atoms with van der Waals surface area (Å²) in [4.78, 5) is 43.8. The van der Waals surface area contributed by atoms with Crippen molar-refractivity contribution in [1.82, 2.24) is 4.98 Å². The minimum Gasteiger partial charge on any atom is -0.461 e. The Morgan fingerprint density at radius 2 is 1.85 bits per heavy atom. The van der Waals surface area contributed by atoms with Gasteiger partial charge in [-0.15, -0.1) is 0 Å². The van der Waals surface area contributed by atoms with Gasteiger partial charge in [0.15, 0.2) is 11.4 Å². The van der Waals surface area contributed by atoms with Gasteiger partial charge in [-0.05, 0) is 43.0 Å². The van der Waals surface area contributed by atoms with E-state index >= 15 is 0 Å². The quantitative estimate of drug-likeness (QED) is 0.215. The normalized spacial score (nSPS) is 23.6. The number of allylic oxidation sites excluding steroid dienone is 1. The van der Waals surface area contributed by atoms with Gasteiger partial charge < -0.3 is 25.4 Å². The van der Waals surface area contributed by atoms with Gasteiger partial charge in [0.25, 0.3) is 5.60 Å². The average molecular weight is 466 g/mol. The van der Waals surface area contributed by atoms with Crippen LogP contribution in [0.25, 0.3) is 0 Å². The standard InChI is InChI=1S/C25H26N2O7/c1-15(6-7-16-8-9-27-20(26)12-16)17(14-29)13-24-21(30)18-4-2-3-5-19(18)22(31)25(24,34-24)23(32)33-11-10-28/h2-5,8-9,12,28-29H,6-7,10-11,13-14H2,1H3,(H2,26,27)/b17-15-/t24-,25-/m0/s1. The maximum absolute atomic E-state index is 13.5. The second-order valence-corrected chi connectivity index (χ2v) is 8.48. The van der Waals surface area contributed by atoms with E-state index in [2.05, 4.69) is 4.98 Å². The number of rotatable bonds is 9. The van der Waals surface area contributed by atoms with Gasteiger partial charge in [-0.25, -0.2) is 9.78 Å². The number of fused-ring (bicyclic) bond motifs is 2. The smallest absolute Gasteiger partial charge is 0.350 e. The predicted molar refractivity (Wildman–Crippen MR) is 121 cm³/mol. The molecule has 0 radical (unpaired) electrons. The number of aliphatic hydroxyl groups is 2. The number of benzene rings is 1. The van der Waals surface area contributed by atoms with Gasteiger partial charge in [-0.2, -0.15) is 0 Å². The summed E-state index contributed by atoms with van der Waals surface area (Å²) in [6, 6.07) is 9.82. The van der Waals surface area contributed by atoms with Crippen LogP contribution in [0.5, 0.6) is 0 Å². The number of hydrogen-bond donors (Lipinski definition) is 3. The molecule has 0 bridgehead atoms. The molecular weight excluding hydrogens is 440 g/mol. The first-order valence-corrected chi connectivity index (χ1v) is 11.0. The van der Waals surface area contributed by atoms with Crippen LogP contribution in [0.4, 0.5) is 5.82 Å². The zero-order valence-electron chi connectivity index (χ0n) is 18.7. The highest BCUT2D eigenvalue weighted by atomic mass is 16.7. The fraction of sp³-hybridized carbons (Fsp3) is 0.360. The Hall–Kier alpha value is -3.40. The molecule has 2 aliphatic rings. The number of anilines is 1. The average Bonchev–Trinajstić information content (AvgIpc) is 3.54. The highest BCUT2D eigenvalue weighted by Crippen LogP contribution is 2.59. The van der Waals surface area contributed by atoms with Gasteiger partial charge in [-0.3, -0.25) is 9.59 Å². The van der Waals surface area contributed by atoms with E-state index in [4.69, 9.17) is 20.3 Å². The van der Waals surface area contributed by atoms with E-state index in [1.807, 2.05) is 13.0 Å². The Bertz CT molecular complexity index is 1190. The predicted octanol–water partition coefficient (Wildman–Crippen LogP) is 1.42. The van der Waals surface area contributed by atoms with E-state index in [-0.39, 0.29) is 30.8 Å². The Morgan fingerprint density at radius 1 is 1.15 bits per heavy atom. The van der Waals surface area contributed by atoms with Crippen molar-refractivity contribution in [1.29, 1.82) is 0 Å². The van der Waals surface area contributed by atoms with E-state index in [9.17, 15) is 19.5 Å². The molecule has 0 amide bonds. The molecule has 1 aromatic heterocycles. The molecule has 34 heavy (non-hydrogen) atoms. The second-order valence-electron chi connectivity index (χ2n) is 8.48. The summed E-state index contributed by atoms with van der Waals surface area (Å²) in [7, 11) is 0. The first kappa shape index (κ1) is 23.7. The van der Waals surface area contributed by atoms with Gasteiger partial charge in [0.2, 0.25) is 5.78 Å². The van der Waals surface area contributed by atoms with Crippen LogP contribution in [0, 0.1) is 0 Å². The van der Waals surface area contributed by atoms with Crippen LogP contribution in [0.2, 0.25) is 0 Å². The summed E-state index contributed by atoms with van der Waals surface area (Å²) in [5.74, 6) is -1.78. The van der Waals surface area contributed by atoms with E-state index in [1.165, 1.54) is 12.1 Å². The van der Waals surface area contributed by atoms with Gasteiger partial charge >= 0.3 is 5.97 Å². The lowest BCUT2D eigenvalue weighted by atomic mass is 9.71. The van der Waals surface area contributed by atoms with Crippen molar-refractivity contribution in [3.8, 4) is 0 Å². The summed E-state index contributed by atoms with van der Waals surface area (Å²) in [6.07, 6.45) is 2.65. The van der Waals surface area contributed by atoms with Gasteiger partial charge in [0, 0.05) is 23.7 Å². The number of pyridine rings is 1. The molecule has 0 saturated carbocycles. The molecule has 2 heterocycles. The fourth-order valence-electron chi connectivity index (χ4n) is 4.54. The van der Waals surface area contributed by atoms with E-state index < -0.39 is 35.3 Å². The number of epoxide rings is 1. The number of ketones is 2. The molecule has 1 aromatic carbocycles. The summed E-state index contributed by atoms with van der Waals surface area (Å²) in [6.45, 7) is 0.679. The molecule has 1 fully saturated rings. The Kier molecular flexibility index (Phi) is 6.35. The zero-order valence-corrected chi connectivity index (χ0v) is 18.7. The number of carbonyl (C=O) groups excluding carboxylic acids is 3. The van der Waals surface area contributed by atoms with E-state index in [1.54, 1.807) is 24.4 Å². The largest absolute Gasteiger partial charge is 0.461 e. The Balaban J connectivity index is 1.67. The number of aryl methyl sites for hydroxylation is 1. The van der Waals surface area contributed by atoms with Gasteiger partial charge in [0.1, 0.15) is 12.4 Å². The number of esters is 1. The highest BCUT2D eigenvalue weighted by Gasteiger charge is 2.85. The van der Waals surface area contributed by atoms with Crippen molar-refractivity contribution in [3.05, 3.63) is 70.4 Å². The first-order valence-electron chi connectivity index (χ1n) is 11.0. The number of hydrogen-bond acceptors (Lipinski definition) is 9. The molecule has 4 N–H and O–H groups in total. The molecule has 1 aliphatic carbocycles. The molecule has 2 atom stereocenters. The van der Waals surface area contributed by atoms with Gasteiger partial charge in [-0.1, -0.05) is 29.8 Å². The SMILES string of the molecule is C/C(CCc1ccnc(N)c1)=C(/CO)C[C@@]12O[C@]1(C(=O)OCCO)C(=O)c1ccccc1C2=O. The minimum absolute atomic E-state index is 0.0862. The lowest BCUT2D eigenvalue weighted by molar-refractivity contribution is -0.149. The third-order valence-electron chi connectivity index (χ3n) is 6.46. The molecule has 4 rings (SSSR count). The maximum atomic E-state index is 13.5. The summed E-state index contributed by atoms with van der Waals surface area (Å²) < 4.78 is 10.8. The van der Waals surface area contributed by atoms with Crippen LogP contribution in [0.3, 0.4) is 0 Å². The van der Waals surface area contributed by atoms with Crippen LogP contribution in [0.15, 0.2) is 53.7 Å². The summed E-state index contributed by atoms with van der Waals surface area (Å²) >= 11 is 0. The zero-order chi connectivity index (χ0) is 24.5. The number of nitrogens with zero attached hydrogens (tertiary/aromatic N) is 1. The molecule has 9 nitrogen and oxygen atoms in total. The third kappa shape index (κ3) is 3.71. The second kappa shape index (κ2) is 9.09. The summed E-state index contributed by atoms with van der Waals surface area (Å²) in [5, 5.41) is 19.2. The van der Waals surface area contributed by atoms with Crippen LogP contribution in [-0.2, 0) is 20.7 Å². The van der Waals surface area contributed by atoms with Crippen molar-refractivity contribution >= 4 is 23.4 Å². The molecule has 0 spiro atoms. The van der Waals surface area contributed by atoms with Crippen molar-refractivity contribution in [2.45, 2.75) is 37.4 Å². The molecule has 1 aliphatic heterocycles. The van der Waals surface area contributed by atoms with Crippen LogP contribution in [0.1, 0.15) is 46.0 Å². The number of nitrogens with two attached hydrogens (primary N) is 1. The molecule has 2 aromatic rings. The number of nitrogen functional groups attached to an aromatic ring is 1. The van der Waals surface area contributed by atoms with E-state index in [0.29, 0.717) is 24.2 Å². The molecular formula is C25H26N2O7. The number of aliphatic hydroxyl groups excluding tert-OH is 2. The Morgan fingerprint density at radius 3 is 2.50 bits per heavy atom. The lowest BCUT2D eigenvalue weighted by Crippen LogP contribution is -2.51. The van der Waals surface area contributed by atoms with Crippen molar-refractivity contribution in [3.63, 3.8) is 0 Å². The molecule has 9 heteroatoms. The lowest BCUT2D eigenvalue weighted by Gasteiger charge is -2.25. The third-order valence-corrected chi connectivity index (χ3v) is 6.46. The minimum atomic E-state index is -2.13. The molecule has 1 saturated heterocycles. The molecule has 0 unspecified atom stereocenters. The molecule has 178 valence electrons. The van der Waals surface area contributed by atoms with Gasteiger partial charge in [0.05, 0.1) is 13.2 Å². The fourth-order valence-corrected chi connectivity index (χ4v) is 4.54. The number of carbonyl (C=O) groups is 3. The van der Waals surface area contributed by atoms with Crippen molar-refractivity contribution < 1.29 is 34.1 Å². The number of Topliss-reactive ketones (excluding diaryl/α,β-unsaturated/α-hetero) is 2. The van der Waals surface area contributed by atoms with E-state index in [0.717, 1.165) is 11.1 Å². The highest BCUT2D eigenvalue weighted by molar-refractivity contribution is 6.32. The topological polar surface area (TPSA) is 152 Å². The Labute approximate surface area is 196 Å². The van der Waals surface area contributed by atoms with Crippen LogP contribution >= 0.6 is 0 Å². The van der Waals surface area contributed by atoms with Crippen LogP contribution < -0.4 is 5.73 Å². The van der Waals surface area contributed by atoms with Crippen LogP contribution in [-0.4, -0.2) is 63.8 Å².